The minimum atomic E-state index is 0.273. The minimum absolute atomic E-state index is 0.273. The number of aromatic nitrogens is 3. The molecule has 0 aliphatic carbocycles. The van der Waals surface area contributed by atoms with Gasteiger partial charge >= 0.3 is 5.95 Å². The Morgan fingerprint density at radius 1 is 0.800 bits per heavy atom. The van der Waals surface area contributed by atoms with Gasteiger partial charge in [-0.15, -0.1) is 9.97 Å². The first-order chi connectivity index (χ1) is 14.7. The Balaban J connectivity index is 1.60. The van der Waals surface area contributed by atoms with Crippen LogP contribution in [0, 0.1) is 0 Å². The summed E-state index contributed by atoms with van der Waals surface area (Å²) < 4.78 is 6.24. The van der Waals surface area contributed by atoms with E-state index in [1.165, 1.54) is 70.6 Å². The molecule has 0 unspecified atom stereocenters. The van der Waals surface area contributed by atoms with Crippen molar-refractivity contribution in [1.29, 1.82) is 0 Å². The molecule has 1 saturated heterocycles. The second kappa shape index (κ2) is 14.9. The molecular formula is C23H43ClN5O+. The fraction of sp³-hybridized carbons (Fsp3) is 0.870. The molecule has 0 bridgehead atoms. The van der Waals surface area contributed by atoms with Crippen molar-refractivity contribution >= 4 is 23.5 Å². The summed E-state index contributed by atoms with van der Waals surface area (Å²) in [5.74, 6) is 1.36. The molecule has 0 radical (unpaired) electrons. The van der Waals surface area contributed by atoms with Gasteiger partial charge in [0, 0.05) is 6.54 Å². The van der Waals surface area contributed by atoms with Crippen LogP contribution in [0.5, 0.6) is 0 Å². The zero-order valence-corrected chi connectivity index (χ0v) is 20.1. The van der Waals surface area contributed by atoms with Crippen molar-refractivity contribution in [2.45, 2.75) is 90.9 Å². The normalized spacial score (nSPS) is 16.0. The van der Waals surface area contributed by atoms with Gasteiger partial charge in [0.25, 0.3) is 0 Å². The van der Waals surface area contributed by atoms with Gasteiger partial charge in [0.05, 0.1) is 19.8 Å². The molecule has 1 fully saturated rings. The van der Waals surface area contributed by atoms with E-state index >= 15 is 0 Å². The number of rotatable bonds is 16. The molecule has 0 saturated carbocycles. The van der Waals surface area contributed by atoms with Gasteiger partial charge in [-0.2, -0.15) is 4.98 Å². The van der Waals surface area contributed by atoms with Gasteiger partial charge in [0.15, 0.2) is 0 Å². The van der Waals surface area contributed by atoms with Crippen molar-refractivity contribution in [2.75, 3.05) is 44.7 Å². The number of hydrogen-bond donors (Lipinski definition) is 1. The Morgan fingerprint density at radius 2 is 1.37 bits per heavy atom. The third kappa shape index (κ3) is 9.03. The van der Waals surface area contributed by atoms with E-state index in [0.717, 1.165) is 56.2 Å². The number of unbranched alkanes of at least 4 members (excludes halogenated alkanes) is 11. The van der Waals surface area contributed by atoms with Crippen molar-refractivity contribution in [3.63, 3.8) is 0 Å². The van der Waals surface area contributed by atoms with Crippen LogP contribution in [0.25, 0.3) is 0 Å². The van der Waals surface area contributed by atoms with E-state index < -0.39 is 0 Å². The smallest absolute Gasteiger partial charge is 0.335 e. The molecule has 2 heterocycles. The summed E-state index contributed by atoms with van der Waals surface area (Å²) in [7, 11) is 0. The number of nitrogens with one attached hydrogen (secondary N) is 1. The highest BCUT2D eigenvalue weighted by molar-refractivity contribution is 6.28. The SMILES string of the molecule is CCCCCCCCCCCCCCNc1nc(Cl)nc([N+]2(CC)CCOCC2)n1. The molecule has 0 aromatic carbocycles. The number of morpholine rings is 1. The van der Waals surface area contributed by atoms with Gasteiger partial charge in [-0.05, 0) is 24.9 Å². The molecule has 172 valence electrons. The number of quaternary nitrogens is 1. The van der Waals surface area contributed by atoms with Gasteiger partial charge in [-0.1, -0.05) is 77.6 Å². The van der Waals surface area contributed by atoms with E-state index in [-0.39, 0.29) is 5.28 Å². The van der Waals surface area contributed by atoms with Crippen LogP contribution in [0.2, 0.25) is 5.28 Å². The Morgan fingerprint density at radius 3 is 1.93 bits per heavy atom. The van der Waals surface area contributed by atoms with Crippen molar-refractivity contribution in [3.8, 4) is 0 Å². The Hall–Kier alpha value is -0.980. The summed E-state index contributed by atoms with van der Waals surface area (Å²) >= 11 is 6.20. The van der Waals surface area contributed by atoms with Crippen LogP contribution in [0.15, 0.2) is 0 Å². The predicted molar refractivity (Wildman–Crippen MR) is 127 cm³/mol. The molecular weight excluding hydrogens is 398 g/mol. The summed E-state index contributed by atoms with van der Waals surface area (Å²) in [6.07, 6.45) is 16.3. The molecule has 1 aromatic rings. The molecule has 0 amide bonds. The number of nitrogens with zero attached hydrogens (tertiary/aromatic N) is 4. The van der Waals surface area contributed by atoms with Crippen LogP contribution in [-0.4, -0.2) is 54.3 Å². The molecule has 6 nitrogen and oxygen atoms in total. The second-order valence-electron chi connectivity index (χ2n) is 8.56. The van der Waals surface area contributed by atoms with Crippen LogP contribution in [-0.2, 0) is 4.74 Å². The molecule has 1 N–H and O–H groups in total. The molecule has 1 aliphatic heterocycles. The largest absolute Gasteiger partial charge is 0.370 e. The van der Waals surface area contributed by atoms with Gasteiger partial charge in [0.2, 0.25) is 11.2 Å². The fourth-order valence-corrected chi connectivity index (χ4v) is 4.30. The summed E-state index contributed by atoms with van der Waals surface area (Å²) in [6, 6.07) is 0. The summed E-state index contributed by atoms with van der Waals surface area (Å²) in [5.41, 5.74) is 0. The maximum atomic E-state index is 6.20. The molecule has 7 heteroatoms. The highest BCUT2D eigenvalue weighted by Crippen LogP contribution is 2.23. The van der Waals surface area contributed by atoms with E-state index in [4.69, 9.17) is 21.3 Å². The standard InChI is InChI=1S/C23H43ClN5O/c1-3-5-6-7-8-9-10-11-12-13-14-15-16-25-22-26-21(24)27-23(28-22)29(4-2)17-19-30-20-18-29/h3-20H2,1-2H3,(H,25,26,27,28)/q+1. The monoisotopic (exact) mass is 440 g/mol. The zero-order valence-electron chi connectivity index (χ0n) is 19.3. The van der Waals surface area contributed by atoms with Crippen molar-refractivity contribution in [1.82, 2.24) is 19.4 Å². The van der Waals surface area contributed by atoms with Crippen LogP contribution >= 0.6 is 11.6 Å². The highest BCUT2D eigenvalue weighted by Gasteiger charge is 2.35. The number of likely N-dealkylation sites (N-methyl/N-ethyl adjacent to an activating group) is 1. The summed E-state index contributed by atoms with van der Waals surface area (Å²) in [4.78, 5) is 13.4. The van der Waals surface area contributed by atoms with E-state index in [0.29, 0.717) is 5.95 Å². The zero-order chi connectivity index (χ0) is 21.5. The molecule has 0 spiro atoms. The maximum Gasteiger partial charge on any atom is 0.335 e. The van der Waals surface area contributed by atoms with E-state index in [1.54, 1.807) is 0 Å². The first kappa shape index (κ1) is 25.3. The number of ether oxygens (including phenoxy) is 1. The van der Waals surface area contributed by atoms with Gasteiger partial charge in [-0.3, -0.25) is 4.48 Å². The van der Waals surface area contributed by atoms with Crippen LogP contribution in [0.4, 0.5) is 11.9 Å². The topological polar surface area (TPSA) is 59.9 Å². The van der Waals surface area contributed by atoms with Gasteiger partial charge in [0.1, 0.15) is 13.1 Å². The summed E-state index contributed by atoms with van der Waals surface area (Å²) in [6.45, 7) is 9.50. The maximum absolute atomic E-state index is 6.20. The number of halogens is 1. The lowest BCUT2D eigenvalue weighted by atomic mass is 10.1. The Kier molecular flexibility index (Phi) is 12.6. The van der Waals surface area contributed by atoms with Gasteiger partial charge < -0.3 is 10.1 Å². The quantitative estimate of drug-likeness (QED) is 0.252. The third-order valence-electron chi connectivity index (χ3n) is 6.27. The lowest BCUT2D eigenvalue weighted by Gasteiger charge is -2.37. The second-order valence-corrected chi connectivity index (χ2v) is 8.90. The average molecular weight is 441 g/mol. The Bertz CT molecular complexity index is 581. The van der Waals surface area contributed by atoms with E-state index in [9.17, 15) is 0 Å². The van der Waals surface area contributed by atoms with Crippen molar-refractivity contribution in [2.24, 2.45) is 0 Å². The van der Waals surface area contributed by atoms with E-state index in [2.05, 4.69) is 29.1 Å². The molecule has 1 aromatic heterocycles. The third-order valence-corrected chi connectivity index (χ3v) is 6.44. The molecule has 1 aliphatic rings. The first-order valence-corrected chi connectivity index (χ1v) is 12.7. The van der Waals surface area contributed by atoms with Crippen molar-refractivity contribution < 1.29 is 4.74 Å². The van der Waals surface area contributed by atoms with Gasteiger partial charge in [-0.25, -0.2) is 0 Å². The molecule has 0 atom stereocenters. The average Bonchev–Trinajstić information content (AvgIpc) is 2.77. The lowest BCUT2D eigenvalue weighted by molar-refractivity contribution is 0.0398. The molecule has 30 heavy (non-hydrogen) atoms. The number of anilines is 1. The highest BCUT2D eigenvalue weighted by atomic mass is 35.5. The fourth-order valence-electron chi connectivity index (χ4n) is 4.15. The van der Waals surface area contributed by atoms with E-state index in [1.807, 2.05) is 0 Å². The first-order valence-electron chi connectivity index (χ1n) is 12.3. The lowest BCUT2D eigenvalue weighted by Crippen LogP contribution is -2.57. The number of hydrogen-bond acceptors (Lipinski definition) is 5. The van der Waals surface area contributed by atoms with Crippen LogP contribution < -0.4 is 9.80 Å². The predicted octanol–water partition coefficient (Wildman–Crippen LogP) is 6.00. The molecule has 2 rings (SSSR count). The minimum Gasteiger partial charge on any atom is -0.370 e. The van der Waals surface area contributed by atoms with Crippen molar-refractivity contribution in [3.05, 3.63) is 5.28 Å². The van der Waals surface area contributed by atoms with Crippen LogP contribution in [0.3, 0.4) is 0 Å². The summed E-state index contributed by atoms with van der Waals surface area (Å²) in [5, 5.41) is 3.63. The Labute approximate surface area is 188 Å². The van der Waals surface area contributed by atoms with Crippen LogP contribution in [0.1, 0.15) is 90.9 Å².